The van der Waals surface area contributed by atoms with E-state index in [9.17, 15) is 4.79 Å². The van der Waals surface area contributed by atoms with E-state index in [0.29, 0.717) is 6.42 Å². The topological polar surface area (TPSA) is 36.1 Å². The van der Waals surface area contributed by atoms with Crippen molar-refractivity contribution in [3.8, 4) is 0 Å². The second-order valence-electron chi connectivity index (χ2n) is 6.81. The molecule has 3 heteroatoms. The lowest BCUT2D eigenvalue weighted by molar-refractivity contribution is 0.0978. The van der Waals surface area contributed by atoms with Gasteiger partial charge in [-0.05, 0) is 55.4 Å². The highest BCUT2D eigenvalue weighted by atomic mass is 16.1. The number of rotatable bonds is 5. The number of ketones is 1. The molecule has 1 aromatic carbocycles. The Morgan fingerprint density at radius 1 is 1.13 bits per heavy atom. The molecule has 0 saturated carbocycles. The molecular weight excluding hydrogens is 284 g/mol. The van der Waals surface area contributed by atoms with Crippen LogP contribution >= 0.6 is 0 Å². The number of hydrogen-bond donors (Lipinski definition) is 1. The number of carbonyl (C=O) groups is 1. The molecule has 1 heterocycles. The second kappa shape index (κ2) is 6.77. The standard InChI is InChI=1S/C20H28N2O/c1-4-8-14-12-17-16(13-18(14)22(3)11-5-2)15-9-6-7-10-19(23)20(15)21-17/h12-13,21H,4-11H2,1-3H3. The van der Waals surface area contributed by atoms with Crippen molar-refractivity contribution in [3.63, 3.8) is 0 Å². The number of H-pyrrole nitrogens is 1. The Hall–Kier alpha value is -1.77. The first-order chi connectivity index (χ1) is 11.2. The molecule has 0 fully saturated rings. The lowest BCUT2D eigenvalue weighted by Crippen LogP contribution is -2.19. The average Bonchev–Trinajstić information content (AvgIpc) is 2.78. The Labute approximate surface area is 139 Å². The molecule has 124 valence electrons. The number of nitrogens with zero attached hydrogens (tertiary/aromatic N) is 1. The molecule has 0 spiro atoms. The number of aromatic nitrogens is 1. The first-order valence-corrected chi connectivity index (χ1v) is 9.07. The van der Waals surface area contributed by atoms with Crippen LogP contribution in [-0.2, 0) is 12.8 Å². The van der Waals surface area contributed by atoms with E-state index in [1.165, 1.54) is 22.2 Å². The minimum absolute atomic E-state index is 0.286. The third kappa shape index (κ3) is 3.01. The zero-order chi connectivity index (χ0) is 16.4. The monoisotopic (exact) mass is 312 g/mol. The Morgan fingerprint density at radius 3 is 2.65 bits per heavy atom. The summed E-state index contributed by atoms with van der Waals surface area (Å²) in [6, 6.07) is 4.60. The van der Waals surface area contributed by atoms with Gasteiger partial charge < -0.3 is 9.88 Å². The SMILES string of the molecule is CCCc1cc2[nH]c3c(c2cc1N(C)CCC)CCCCC3=O. The van der Waals surface area contributed by atoms with Crippen LogP contribution in [0.15, 0.2) is 12.1 Å². The zero-order valence-electron chi connectivity index (χ0n) is 14.7. The van der Waals surface area contributed by atoms with Crippen molar-refractivity contribution in [2.24, 2.45) is 0 Å². The van der Waals surface area contributed by atoms with Crippen LogP contribution in [0.3, 0.4) is 0 Å². The average molecular weight is 312 g/mol. The van der Waals surface area contributed by atoms with Crippen LogP contribution in [0.25, 0.3) is 10.9 Å². The number of nitrogens with one attached hydrogen (secondary N) is 1. The lowest BCUT2D eigenvalue weighted by atomic mass is 10.0. The Kier molecular flexibility index (Phi) is 4.74. The summed E-state index contributed by atoms with van der Waals surface area (Å²) in [5.41, 5.74) is 5.98. The predicted molar refractivity (Wildman–Crippen MR) is 97.7 cm³/mol. The van der Waals surface area contributed by atoms with Gasteiger partial charge >= 0.3 is 0 Å². The van der Waals surface area contributed by atoms with Gasteiger partial charge in [-0.15, -0.1) is 0 Å². The van der Waals surface area contributed by atoms with Gasteiger partial charge in [0, 0.05) is 36.6 Å². The van der Waals surface area contributed by atoms with Gasteiger partial charge in [-0.25, -0.2) is 0 Å². The van der Waals surface area contributed by atoms with E-state index in [2.05, 4.69) is 42.9 Å². The molecule has 0 atom stereocenters. The number of benzene rings is 1. The molecule has 1 N–H and O–H groups in total. The van der Waals surface area contributed by atoms with Crippen LogP contribution in [0.4, 0.5) is 5.69 Å². The number of anilines is 1. The highest BCUT2D eigenvalue weighted by Gasteiger charge is 2.21. The van der Waals surface area contributed by atoms with Crippen molar-refractivity contribution in [1.82, 2.24) is 4.98 Å². The van der Waals surface area contributed by atoms with Crippen LogP contribution in [0.2, 0.25) is 0 Å². The summed E-state index contributed by atoms with van der Waals surface area (Å²) in [7, 11) is 2.18. The van der Waals surface area contributed by atoms with Crippen LogP contribution in [-0.4, -0.2) is 24.4 Å². The van der Waals surface area contributed by atoms with Crippen LogP contribution in [0.1, 0.15) is 67.6 Å². The van der Waals surface area contributed by atoms with Crippen molar-refractivity contribution in [2.75, 3.05) is 18.5 Å². The third-order valence-corrected chi connectivity index (χ3v) is 4.95. The number of carbonyl (C=O) groups excluding carboxylic acids is 1. The smallest absolute Gasteiger partial charge is 0.179 e. The molecule has 0 amide bonds. The van der Waals surface area contributed by atoms with E-state index in [1.807, 2.05) is 0 Å². The summed E-state index contributed by atoms with van der Waals surface area (Å²) in [5.74, 6) is 0.286. The van der Waals surface area contributed by atoms with Gasteiger partial charge in [0.1, 0.15) is 0 Å². The fourth-order valence-electron chi connectivity index (χ4n) is 3.82. The molecule has 1 aliphatic rings. The van der Waals surface area contributed by atoms with Crippen LogP contribution < -0.4 is 4.90 Å². The first-order valence-electron chi connectivity index (χ1n) is 9.07. The van der Waals surface area contributed by atoms with Crippen molar-refractivity contribution in [2.45, 2.75) is 58.8 Å². The molecule has 3 rings (SSSR count). The van der Waals surface area contributed by atoms with Gasteiger partial charge in [-0.1, -0.05) is 20.3 Å². The van der Waals surface area contributed by atoms with Gasteiger partial charge in [-0.3, -0.25) is 4.79 Å². The summed E-state index contributed by atoms with van der Waals surface area (Å²) >= 11 is 0. The Bertz CT molecular complexity index is 714. The summed E-state index contributed by atoms with van der Waals surface area (Å²) in [4.78, 5) is 18.2. The molecule has 0 radical (unpaired) electrons. The predicted octanol–water partition coefficient (Wildman–Crippen LogP) is 4.88. The highest BCUT2D eigenvalue weighted by molar-refractivity contribution is 6.03. The van der Waals surface area contributed by atoms with Gasteiger partial charge in [0.2, 0.25) is 0 Å². The van der Waals surface area contributed by atoms with E-state index in [-0.39, 0.29) is 5.78 Å². The summed E-state index contributed by atoms with van der Waals surface area (Å²) in [5, 5.41) is 1.26. The molecule has 2 aromatic rings. The largest absolute Gasteiger partial charge is 0.374 e. The molecule has 3 nitrogen and oxygen atoms in total. The minimum Gasteiger partial charge on any atom is -0.374 e. The highest BCUT2D eigenvalue weighted by Crippen LogP contribution is 2.34. The molecule has 0 bridgehead atoms. The van der Waals surface area contributed by atoms with Gasteiger partial charge in [0.25, 0.3) is 0 Å². The fourth-order valence-corrected chi connectivity index (χ4v) is 3.82. The molecule has 0 saturated heterocycles. The minimum atomic E-state index is 0.286. The van der Waals surface area contributed by atoms with E-state index in [0.717, 1.165) is 56.3 Å². The molecule has 0 unspecified atom stereocenters. The van der Waals surface area contributed by atoms with Gasteiger partial charge in [0.15, 0.2) is 5.78 Å². The Morgan fingerprint density at radius 2 is 1.91 bits per heavy atom. The van der Waals surface area contributed by atoms with Crippen molar-refractivity contribution < 1.29 is 4.79 Å². The molecule has 1 aliphatic carbocycles. The molecular formula is C20H28N2O. The summed E-state index contributed by atoms with van der Waals surface area (Å²) < 4.78 is 0. The maximum Gasteiger partial charge on any atom is 0.179 e. The molecule has 23 heavy (non-hydrogen) atoms. The number of Topliss-reactive ketones (excluding diaryl/α,β-unsaturated/α-hetero) is 1. The van der Waals surface area contributed by atoms with Crippen LogP contribution in [0, 0.1) is 0 Å². The maximum absolute atomic E-state index is 12.4. The van der Waals surface area contributed by atoms with Crippen molar-refractivity contribution in [1.29, 1.82) is 0 Å². The lowest BCUT2D eigenvalue weighted by Gasteiger charge is -2.22. The second-order valence-corrected chi connectivity index (χ2v) is 6.81. The Balaban J connectivity index is 2.16. The number of fused-ring (bicyclic) bond motifs is 3. The van der Waals surface area contributed by atoms with Crippen LogP contribution in [0.5, 0.6) is 0 Å². The van der Waals surface area contributed by atoms with Crippen molar-refractivity contribution in [3.05, 3.63) is 29.0 Å². The molecule has 0 aliphatic heterocycles. The number of hydrogen-bond acceptors (Lipinski definition) is 2. The van der Waals surface area contributed by atoms with E-state index in [4.69, 9.17) is 0 Å². The van der Waals surface area contributed by atoms with E-state index in [1.54, 1.807) is 0 Å². The van der Waals surface area contributed by atoms with Gasteiger partial charge in [-0.2, -0.15) is 0 Å². The maximum atomic E-state index is 12.4. The van der Waals surface area contributed by atoms with Gasteiger partial charge in [0.05, 0.1) is 5.69 Å². The number of aromatic amines is 1. The fraction of sp³-hybridized carbons (Fsp3) is 0.550. The van der Waals surface area contributed by atoms with E-state index < -0.39 is 0 Å². The van der Waals surface area contributed by atoms with E-state index >= 15 is 0 Å². The zero-order valence-corrected chi connectivity index (χ0v) is 14.7. The molecule has 1 aromatic heterocycles. The number of aryl methyl sites for hydroxylation is 2. The third-order valence-electron chi connectivity index (χ3n) is 4.95. The summed E-state index contributed by atoms with van der Waals surface area (Å²) in [6.07, 6.45) is 7.19. The normalized spacial score (nSPS) is 14.8. The quantitative estimate of drug-likeness (QED) is 0.799. The first kappa shape index (κ1) is 16.1. The van der Waals surface area contributed by atoms with Crippen molar-refractivity contribution >= 4 is 22.4 Å². The summed E-state index contributed by atoms with van der Waals surface area (Å²) in [6.45, 7) is 5.50.